The Balaban J connectivity index is 0.00000220. The molecule has 0 atom stereocenters. The minimum absolute atomic E-state index is 0. The van der Waals surface area contributed by atoms with Crippen LogP contribution in [0.4, 0.5) is 0 Å². The molecule has 1 N–H and O–H groups in total. The standard InChI is InChI=1S/C15H19N3OS.2ClH/c1-11-4-6-12(7-5-11)14-17-13(10-20-14)15(19)18(3)9-8-16-2;;/h4-7,10,16H,8-9H2,1-3H3;2*1H. The summed E-state index contributed by atoms with van der Waals surface area (Å²) in [5.41, 5.74) is 2.79. The number of nitrogens with one attached hydrogen (secondary N) is 1. The zero-order valence-corrected chi connectivity index (χ0v) is 15.3. The number of halogens is 2. The number of likely N-dealkylation sites (N-methyl/N-ethyl adjacent to an activating group) is 2. The topological polar surface area (TPSA) is 45.2 Å². The van der Waals surface area contributed by atoms with Gasteiger partial charge < -0.3 is 10.2 Å². The molecule has 1 aromatic carbocycles. The van der Waals surface area contributed by atoms with E-state index in [1.807, 2.05) is 24.6 Å². The van der Waals surface area contributed by atoms with Crippen LogP contribution in [0.15, 0.2) is 29.6 Å². The predicted molar refractivity (Wildman–Crippen MR) is 97.7 cm³/mol. The summed E-state index contributed by atoms with van der Waals surface area (Å²) in [7, 11) is 3.67. The lowest BCUT2D eigenvalue weighted by molar-refractivity contribution is 0.0792. The van der Waals surface area contributed by atoms with Crippen LogP contribution >= 0.6 is 36.2 Å². The average Bonchev–Trinajstić information content (AvgIpc) is 2.94. The summed E-state index contributed by atoms with van der Waals surface area (Å²) >= 11 is 1.50. The van der Waals surface area contributed by atoms with Crippen LogP contribution in [-0.4, -0.2) is 43.0 Å². The van der Waals surface area contributed by atoms with Gasteiger partial charge in [0.15, 0.2) is 0 Å². The first kappa shape index (κ1) is 20.9. The Bertz CT molecular complexity index is 587. The second-order valence-corrected chi connectivity index (χ2v) is 5.59. The van der Waals surface area contributed by atoms with Gasteiger partial charge >= 0.3 is 0 Å². The summed E-state index contributed by atoms with van der Waals surface area (Å²) < 4.78 is 0. The number of benzene rings is 1. The molecular weight excluding hydrogens is 341 g/mol. The molecule has 0 saturated heterocycles. The van der Waals surface area contributed by atoms with Gasteiger partial charge in [0.2, 0.25) is 0 Å². The molecule has 0 radical (unpaired) electrons. The Morgan fingerprint density at radius 3 is 2.50 bits per heavy atom. The van der Waals surface area contributed by atoms with E-state index in [2.05, 4.69) is 29.4 Å². The van der Waals surface area contributed by atoms with E-state index in [0.717, 1.165) is 17.1 Å². The lowest BCUT2D eigenvalue weighted by atomic mass is 10.2. The first-order chi connectivity index (χ1) is 9.61. The second-order valence-electron chi connectivity index (χ2n) is 4.73. The number of hydrogen-bond acceptors (Lipinski definition) is 4. The van der Waals surface area contributed by atoms with Crippen molar-refractivity contribution >= 4 is 42.1 Å². The third kappa shape index (κ3) is 5.25. The normalized spacial score (nSPS) is 9.59. The zero-order chi connectivity index (χ0) is 14.5. The quantitative estimate of drug-likeness (QED) is 0.888. The molecule has 0 spiro atoms. The van der Waals surface area contributed by atoms with Crippen molar-refractivity contribution in [3.8, 4) is 10.6 Å². The molecule has 1 heterocycles. The lowest BCUT2D eigenvalue weighted by Gasteiger charge is -2.15. The number of aryl methyl sites for hydroxylation is 1. The van der Waals surface area contributed by atoms with Gasteiger partial charge in [-0.1, -0.05) is 29.8 Å². The molecule has 7 heteroatoms. The van der Waals surface area contributed by atoms with Gasteiger partial charge in [-0.05, 0) is 14.0 Å². The van der Waals surface area contributed by atoms with E-state index in [1.54, 1.807) is 11.9 Å². The Labute approximate surface area is 147 Å². The third-order valence-corrected chi connectivity index (χ3v) is 3.96. The Morgan fingerprint density at radius 1 is 1.27 bits per heavy atom. The van der Waals surface area contributed by atoms with Gasteiger partial charge in [0.05, 0.1) is 0 Å². The maximum absolute atomic E-state index is 12.2. The number of aromatic nitrogens is 1. The molecule has 4 nitrogen and oxygen atoms in total. The number of thiazole rings is 1. The van der Waals surface area contributed by atoms with Crippen LogP contribution in [0.5, 0.6) is 0 Å². The lowest BCUT2D eigenvalue weighted by Crippen LogP contribution is -2.32. The van der Waals surface area contributed by atoms with Crippen molar-refractivity contribution in [2.75, 3.05) is 27.2 Å². The summed E-state index contributed by atoms with van der Waals surface area (Å²) in [5.74, 6) is -0.0325. The summed E-state index contributed by atoms with van der Waals surface area (Å²) in [5, 5.41) is 5.74. The molecule has 0 fully saturated rings. The molecule has 1 amide bonds. The highest BCUT2D eigenvalue weighted by Gasteiger charge is 2.15. The van der Waals surface area contributed by atoms with E-state index in [9.17, 15) is 4.79 Å². The van der Waals surface area contributed by atoms with Crippen LogP contribution in [0.2, 0.25) is 0 Å². The molecule has 2 rings (SSSR count). The number of rotatable bonds is 5. The molecule has 0 aliphatic heterocycles. The fraction of sp³-hybridized carbons (Fsp3) is 0.333. The van der Waals surface area contributed by atoms with Crippen LogP contribution in [-0.2, 0) is 0 Å². The van der Waals surface area contributed by atoms with Crippen molar-refractivity contribution in [2.45, 2.75) is 6.92 Å². The van der Waals surface area contributed by atoms with Crippen molar-refractivity contribution in [2.24, 2.45) is 0 Å². The van der Waals surface area contributed by atoms with E-state index in [0.29, 0.717) is 12.2 Å². The summed E-state index contributed by atoms with van der Waals surface area (Å²) in [6.07, 6.45) is 0. The molecule has 2 aromatic rings. The van der Waals surface area contributed by atoms with Crippen molar-refractivity contribution in [3.05, 3.63) is 40.9 Å². The summed E-state index contributed by atoms with van der Waals surface area (Å²) in [6.45, 7) is 3.50. The van der Waals surface area contributed by atoms with E-state index in [-0.39, 0.29) is 30.7 Å². The minimum atomic E-state index is -0.0325. The fourth-order valence-corrected chi connectivity index (χ4v) is 2.58. The van der Waals surface area contributed by atoms with E-state index >= 15 is 0 Å². The van der Waals surface area contributed by atoms with Crippen LogP contribution < -0.4 is 5.32 Å². The molecule has 0 saturated carbocycles. The van der Waals surface area contributed by atoms with Gasteiger partial charge in [-0.2, -0.15) is 0 Å². The number of amides is 1. The van der Waals surface area contributed by atoms with Crippen molar-refractivity contribution in [1.29, 1.82) is 0 Å². The number of carbonyl (C=O) groups excluding carboxylic acids is 1. The number of carbonyl (C=O) groups is 1. The summed E-state index contributed by atoms with van der Waals surface area (Å²) in [6, 6.07) is 8.18. The molecule has 0 bridgehead atoms. The SMILES string of the molecule is CNCCN(C)C(=O)c1csc(-c2ccc(C)cc2)n1.Cl.Cl. The average molecular weight is 362 g/mol. The Morgan fingerprint density at radius 2 is 1.91 bits per heavy atom. The van der Waals surface area contributed by atoms with E-state index < -0.39 is 0 Å². The molecule has 1 aromatic heterocycles. The molecule has 0 aliphatic carbocycles. The van der Waals surface area contributed by atoms with E-state index in [1.165, 1.54) is 16.9 Å². The van der Waals surface area contributed by atoms with Crippen molar-refractivity contribution < 1.29 is 4.79 Å². The fourth-order valence-electron chi connectivity index (χ4n) is 1.78. The van der Waals surface area contributed by atoms with Gasteiger partial charge in [-0.3, -0.25) is 4.79 Å². The molecular formula is C15H21Cl2N3OS. The van der Waals surface area contributed by atoms with Gasteiger partial charge in [0.25, 0.3) is 5.91 Å². The predicted octanol–water partition coefficient (Wildman–Crippen LogP) is 3.25. The Hall–Kier alpha value is -1.14. The highest BCUT2D eigenvalue weighted by molar-refractivity contribution is 7.13. The second kappa shape index (κ2) is 9.79. The van der Waals surface area contributed by atoms with Gasteiger partial charge in [0, 0.05) is 31.1 Å². The highest BCUT2D eigenvalue weighted by Crippen LogP contribution is 2.24. The molecule has 0 unspecified atom stereocenters. The maximum atomic E-state index is 12.2. The minimum Gasteiger partial charge on any atom is -0.339 e. The number of hydrogen-bond donors (Lipinski definition) is 1. The van der Waals surface area contributed by atoms with Gasteiger partial charge in [-0.15, -0.1) is 36.2 Å². The largest absolute Gasteiger partial charge is 0.339 e. The van der Waals surface area contributed by atoms with E-state index in [4.69, 9.17) is 0 Å². The van der Waals surface area contributed by atoms with Crippen molar-refractivity contribution in [3.63, 3.8) is 0 Å². The van der Waals surface area contributed by atoms with Crippen LogP contribution in [0.25, 0.3) is 10.6 Å². The highest BCUT2D eigenvalue weighted by atomic mass is 35.5. The first-order valence-electron chi connectivity index (χ1n) is 6.54. The zero-order valence-electron chi connectivity index (χ0n) is 12.8. The monoisotopic (exact) mass is 361 g/mol. The summed E-state index contributed by atoms with van der Waals surface area (Å²) in [4.78, 5) is 18.3. The smallest absolute Gasteiger partial charge is 0.273 e. The molecule has 0 aliphatic rings. The molecule has 122 valence electrons. The maximum Gasteiger partial charge on any atom is 0.273 e. The van der Waals surface area contributed by atoms with Crippen LogP contribution in [0, 0.1) is 6.92 Å². The van der Waals surface area contributed by atoms with Crippen LogP contribution in [0.1, 0.15) is 16.1 Å². The first-order valence-corrected chi connectivity index (χ1v) is 7.42. The van der Waals surface area contributed by atoms with Gasteiger partial charge in [-0.25, -0.2) is 4.98 Å². The number of nitrogens with zero attached hydrogens (tertiary/aromatic N) is 2. The Kier molecular flexibility index (Phi) is 9.28. The van der Waals surface area contributed by atoms with Crippen LogP contribution in [0.3, 0.4) is 0 Å². The molecule has 22 heavy (non-hydrogen) atoms. The van der Waals surface area contributed by atoms with Gasteiger partial charge in [0.1, 0.15) is 10.7 Å². The van der Waals surface area contributed by atoms with Crippen molar-refractivity contribution in [1.82, 2.24) is 15.2 Å². The third-order valence-electron chi connectivity index (χ3n) is 3.07.